The van der Waals surface area contributed by atoms with Crippen molar-refractivity contribution in [3.63, 3.8) is 0 Å². The topological polar surface area (TPSA) is 56.2 Å². The number of benzene rings is 2. The van der Waals surface area contributed by atoms with Gasteiger partial charge in [-0.1, -0.05) is 56.7 Å². The number of imidazole rings is 1. The fourth-order valence-corrected chi connectivity index (χ4v) is 5.92. The molecule has 2 aliphatic carbocycles. The van der Waals surface area contributed by atoms with Gasteiger partial charge in [0.05, 0.1) is 11.0 Å². The van der Waals surface area contributed by atoms with Crippen LogP contribution in [0.15, 0.2) is 42.5 Å². The molecule has 0 bridgehead atoms. The highest BCUT2D eigenvalue weighted by Crippen LogP contribution is 2.37. The van der Waals surface area contributed by atoms with Gasteiger partial charge >= 0.3 is 0 Å². The molecule has 5 nitrogen and oxygen atoms in total. The van der Waals surface area contributed by atoms with E-state index in [-0.39, 0.29) is 36.3 Å². The van der Waals surface area contributed by atoms with E-state index < -0.39 is 0 Å². The molecule has 35 heavy (non-hydrogen) atoms. The van der Waals surface area contributed by atoms with Crippen LogP contribution in [0.5, 0.6) is 5.75 Å². The van der Waals surface area contributed by atoms with E-state index >= 15 is 0 Å². The van der Waals surface area contributed by atoms with Crippen molar-refractivity contribution in [1.82, 2.24) is 14.9 Å². The summed E-state index contributed by atoms with van der Waals surface area (Å²) in [5, 5.41) is 3.39. The third kappa shape index (κ3) is 5.36. The predicted molar refractivity (Wildman–Crippen MR) is 136 cm³/mol. The summed E-state index contributed by atoms with van der Waals surface area (Å²) < 4.78 is 22.4. The van der Waals surface area contributed by atoms with Crippen LogP contribution in [0.2, 0.25) is 0 Å². The maximum atomic E-state index is 14.1. The van der Waals surface area contributed by atoms with Crippen LogP contribution < -0.4 is 10.1 Å². The molecule has 5 rings (SSSR count). The Bertz CT molecular complexity index is 1160. The zero-order valence-electron chi connectivity index (χ0n) is 20.6. The lowest BCUT2D eigenvalue weighted by molar-refractivity contribution is -0.127. The number of ether oxygens (including phenoxy) is 1. The zero-order valence-corrected chi connectivity index (χ0v) is 20.6. The second-order valence-electron chi connectivity index (χ2n) is 10.3. The van der Waals surface area contributed by atoms with Gasteiger partial charge in [0.15, 0.2) is 0 Å². The Hall–Kier alpha value is -2.89. The number of halogens is 1. The van der Waals surface area contributed by atoms with Gasteiger partial charge in [-0.3, -0.25) is 4.79 Å². The summed E-state index contributed by atoms with van der Waals surface area (Å²) in [7, 11) is 0. The molecule has 1 heterocycles. The van der Waals surface area contributed by atoms with Crippen LogP contribution in [0, 0.1) is 18.7 Å². The van der Waals surface area contributed by atoms with E-state index in [1.54, 1.807) is 6.07 Å². The van der Waals surface area contributed by atoms with E-state index in [1.165, 1.54) is 37.8 Å². The van der Waals surface area contributed by atoms with Crippen LogP contribution in [-0.2, 0) is 11.4 Å². The van der Waals surface area contributed by atoms with Gasteiger partial charge in [-0.25, -0.2) is 9.37 Å². The van der Waals surface area contributed by atoms with Crippen LogP contribution in [0.3, 0.4) is 0 Å². The van der Waals surface area contributed by atoms with Crippen molar-refractivity contribution in [2.75, 3.05) is 0 Å². The fourth-order valence-electron chi connectivity index (χ4n) is 5.92. The average molecular weight is 478 g/mol. The number of amides is 1. The summed E-state index contributed by atoms with van der Waals surface area (Å²) in [4.78, 5) is 18.7. The van der Waals surface area contributed by atoms with Crippen molar-refractivity contribution in [3.8, 4) is 5.75 Å². The molecule has 2 aromatic carbocycles. The first kappa shape index (κ1) is 23.8. The molecule has 1 aromatic heterocycles. The number of fused-ring (bicyclic) bond motifs is 1. The Morgan fingerprint density at radius 2 is 1.77 bits per heavy atom. The number of carbonyl (C=O) groups is 1. The normalized spacial score (nSPS) is 18.5. The Balaban J connectivity index is 1.53. The van der Waals surface area contributed by atoms with Crippen LogP contribution in [0.4, 0.5) is 4.39 Å². The quantitative estimate of drug-likeness (QED) is 0.415. The smallest absolute Gasteiger partial charge is 0.243 e. The molecule has 3 aromatic rings. The largest absolute Gasteiger partial charge is 0.485 e. The first-order valence-corrected chi connectivity index (χ1v) is 13.3. The number of carbonyl (C=O) groups excluding carboxylic acids is 1. The van der Waals surface area contributed by atoms with E-state index in [2.05, 4.69) is 9.88 Å². The Morgan fingerprint density at radius 3 is 2.51 bits per heavy atom. The van der Waals surface area contributed by atoms with Gasteiger partial charge in [0.25, 0.3) is 0 Å². The number of rotatable bonds is 7. The summed E-state index contributed by atoms with van der Waals surface area (Å²) >= 11 is 0. The second kappa shape index (κ2) is 10.8. The standard InChI is InChI=1S/C29H36FN3O2/c1-20-10-8-9-15-26(20)35-19-27-32-24-18-22(30)16-17-25(24)33(27)28(21-11-4-2-5-12-21)29(34)31-23-13-6-3-7-14-23/h8-10,15-18,21,23,28H,2-7,11-14,19H2,1H3,(H,31,34). The summed E-state index contributed by atoms with van der Waals surface area (Å²) in [6.45, 7) is 2.23. The predicted octanol–water partition coefficient (Wildman–Crippen LogP) is 6.63. The van der Waals surface area contributed by atoms with Gasteiger partial charge in [0.2, 0.25) is 5.91 Å². The van der Waals surface area contributed by atoms with Gasteiger partial charge in [0, 0.05) is 12.1 Å². The molecular formula is C29H36FN3O2. The summed E-state index contributed by atoms with van der Waals surface area (Å²) in [6, 6.07) is 12.4. The van der Waals surface area contributed by atoms with Crippen LogP contribution >= 0.6 is 0 Å². The lowest BCUT2D eigenvalue weighted by atomic mass is 9.83. The number of para-hydroxylation sites is 1. The molecule has 1 amide bonds. The highest BCUT2D eigenvalue weighted by molar-refractivity contribution is 5.85. The minimum Gasteiger partial charge on any atom is -0.485 e. The number of hydrogen-bond donors (Lipinski definition) is 1. The van der Waals surface area contributed by atoms with Crippen molar-refractivity contribution in [2.24, 2.45) is 5.92 Å². The number of nitrogens with zero attached hydrogens (tertiary/aromatic N) is 2. The van der Waals surface area contributed by atoms with Crippen LogP contribution in [-0.4, -0.2) is 21.5 Å². The molecular weight excluding hydrogens is 441 g/mol. The SMILES string of the molecule is Cc1ccccc1OCc1nc2cc(F)ccc2n1C(C(=O)NC1CCCCC1)C1CCCCC1. The minimum absolute atomic E-state index is 0.0737. The first-order valence-electron chi connectivity index (χ1n) is 13.3. The number of aromatic nitrogens is 2. The summed E-state index contributed by atoms with van der Waals surface area (Å²) in [6.07, 6.45) is 11.2. The molecule has 1 N–H and O–H groups in total. The van der Waals surface area contributed by atoms with Gasteiger partial charge in [-0.15, -0.1) is 0 Å². The highest BCUT2D eigenvalue weighted by Gasteiger charge is 2.35. The van der Waals surface area contributed by atoms with Gasteiger partial charge in [0.1, 0.15) is 30.0 Å². The third-order valence-corrected chi connectivity index (χ3v) is 7.77. The number of aryl methyl sites for hydroxylation is 1. The molecule has 0 saturated heterocycles. The highest BCUT2D eigenvalue weighted by atomic mass is 19.1. The molecule has 1 atom stereocenters. The number of nitrogens with one attached hydrogen (secondary N) is 1. The lowest BCUT2D eigenvalue weighted by Gasteiger charge is -2.33. The second-order valence-corrected chi connectivity index (χ2v) is 10.3. The average Bonchev–Trinajstić information content (AvgIpc) is 3.22. The maximum Gasteiger partial charge on any atom is 0.243 e. The monoisotopic (exact) mass is 477 g/mol. The lowest BCUT2D eigenvalue weighted by Crippen LogP contribution is -2.43. The van der Waals surface area contributed by atoms with Crippen molar-refractivity contribution >= 4 is 16.9 Å². The minimum atomic E-state index is -0.372. The van der Waals surface area contributed by atoms with E-state index in [0.717, 1.165) is 55.4 Å². The third-order valence-electron chi connectivity index (χ3n) is 7.77. The molecule has 0 spiro atoms. The molecule has 186 valence electrons. The van der Waals surface area contributed by atoms with E-state index in [4.69, 9.17) is 9.72 Å². The zero-order chi connectivity index (χ0) is 24.2. The Morgan fingerprint density at radius 1 is 1.06 bits per heavy atom. The van der Waals surface area contributed by atoms with E-state index in [9.17, 15) is 9.18 Å². The van der Waals surface area contributed by atoms with Crippen molar-refractivity contribution in [1.29, 1.82) is 0 Å². The van der Waals surface area contributed by atoms with Gasteiger partial charge < -0.3 is 14.6 Å². The first-order chi connectivity index (χ1) is 17.1. The van der Waals surface area contributed by atoms with E-state index in [0.29, 0.717) is 11.3 Å². The Kier molecular flexibility index (Phi) is 7.35. The maximum absolute atomic E-state index is 14.1. The number of hydrogen-bond acceptors (Lipinski definition) is 3. The molecule has 1 unspecified atom stereocenters. The van der Waals surface area contributed by atoms with E-state index in [1.807, 2.05) is 31.2 Å². The molecule has 0 aliphatic heterocycles. The fraction of sp³-hybridized carbons (Fsp3) is 0.517. The molecule has 2 aliphatic rings. The summed E-state index contributed by atoms with van der Waals surface area (Å²) in [5.41, 5.74) is 2.41. The Labute approximate surface area is 207 Å². The van der Waals surface area contributed by atoms with Gasteiger partial charge in [-0.2, -0.15) is 0 Å². The molecule has 2 saturated carbocycles. The molecule has 2 fully saturated rings. The van der Waals surface area contributed by atoms with Gasteiger partial charge in [-0.05, 0) is 62.3 Å². The van der Waals surface area contributed by atoms with Crippen molar-refractivity contribution in [3.05, 3.63) is 59.7 Å². The van der Waals surface area contributed by atoms with Crippen molar-refractivity contribution < 1.29 is 13.9 Å². The molecule has 6 heteroatoms. The van der Waals surface area contributed by atoms with Crippen LogP contribution in [0.1, 0.15) is 81.6 Å². The van der Waals surface area contributed by atoms with Crippen LogP contribution in [0.25, 0.3) is 11.0 Å². The molecule has 0 radical (unpaired) electrons. The van der Waals surface area contributed by atoms with Crippen molar-refractivity contribution in [2.45, 2.75) is 89.8 Å². The summed E-state index contributed by atoms with van der Waals surface area (Å²) in [5.74, 6) is 1.44.